The van der Waals surface area contributed by atoms with E-state index in [0.29, 0.717) is 19.8 Å². The number of nitrogens with one attached hydrogen (secondary N) is 1. The largest absolute Gasteiger partial charge is 0.494 e. The van der Waals surface area contributed by atoms with Crippen molar-refractivity contribution >= 4 is 5.69 Å². The average Bonchev–Trinajstić information content (AvgIpc) is 2.73. The highest BCUT2D eigenvalue weighted by Crippen LogP contribution is 2.29. The van der Waals surface area contributed by atoms with Crippen molar-refractivity contribution in [1.29, 1.82) is 0 Å². The second kappa shape index (κ2) is 9.53. The smallest absolute Gasteiger partial charge is 0.161 e. The van der Waals surface area contributed by atoms with Gasteiger partial charge in [-0.05, 0) is 54.4 Å². The zero-order chi connectivity index (χ0) is 18.9. The van der Waals surface area contributed by atoms with E-state index < -0.39 is 0 Å². The molecule has 3 aromatic carbocycles. The second-order valence-corrected chi connectivity index (χ2v) is 6.07. The maximum Gasteiger partial charge on any atom is 0.161 e. The number of rotatable bonds is 9. The first-order valence-corrected chi connectivity index (χ1v) is 9.09. The lowest BCUT2D eigenvalue weighted by Gasteiger charge is -2.13. The normalized spacial score (nSPS) is 10.3. The lowest BCUT2D eigenvalue weighted by atomic mass is 10.2. The van der Waals surface area contributed by atoms with Gasteiger partial charge in [0.05, 0.1) is 13.7 Å². The summed E-state index contributed by atoms with van der Waals surface area (Å²) in [5.74, 6) is 2.35. The van der Waals surface area contributed by atoms with Gasteiger partial charge in [0.25, 0.3) is 0 Å². The Kier molecular flexibility index (Phi) is 6.58. The zero-order valence-electron chi connectivity index (χ0n) is 15.8. The summed E-state index contributed by atoms with van der Waals surface area (Å²) in [5, 5.41) is 3.41. The van der Waals surface area contributed by atoms with Gasteiger partial charge in [-0.25, -0.2) is 0 Å². The Morgan fingerprint density at radius 1 is 0.778 bits per heavy atom. The zero-order valence-corrected chi connectivity index (χ0v) is 15.8. The summed E-state index contributed by atoms with van der Waals surface area (Å²) in [6.45, 7) is 3.86. The van der Waals surface area contributed by atoms with Crippen LogP contribution in [0.1, 0.15) is 18.1 Å². The van der Waals surface area contributed by atoms with Crippen LogP contribution in [0.5, 0.6) is 17.2 Å². The number of hydrogen-bond donors (Lipinski definition) is 1. The molecule has 0 aliphatic heterocycles. The van der Waals surface area contributed by atoms with E-state index in [1.807, 2.05) is 79.7 Å². The van der Waals surface area contributed by atoms with Crippen LogP contribution in [-0.2, 0) is 13.2 Å². The number of hydrogen-bond acceptors (Lipinski definition) is 4. The molecule has 3 aromatic rings. The molecule has 4 heteroatoms. The lowest BCUT2D eigenvalue weighted by Crippen LogP contribution is -2.02. The third kappa shape index (κ3) is 5.42. The molecule has 0 spiro atoms. The van der Waals surface area contributed by atoms with Crippen molar-refractivity contribution in [3.05, 3.63) is 83.9 Å². The number of anilines is 1. The van der Waals surface area contributed by atoms with Crippen LogP contribution >= 0.6 is 0 Å². The first-order chi connectivity index (χ1) is 13.3. The molecular weight excluding hydrogens is 338 g/mol. The summed E-state index contributed by atoms with van der Waals surface area (Å²) in [5.41, 5.74) is 3.29. The van der Waals surface area contributed by atoms with Gasteiger partial charge in [0, 0.05) is 12.2 Å². The van der Waals surface area contributed by atoms with Gasteiger partial charge >= 0.3 is 0 Å². The Bertz CT molecular complexity index is 832. The molecule has 0 aromatic heterocycles. The Morgan fingerprint density at radius 2 is 1.56 bits per heavy atom. The lowest BCUT2D eigenvalue weighted by molar-refractivity contribution is 0.284. The fourth-order valence-electron chi connectivity index (χ4n) is 2.72. The van der Waals surface area contributed by atoms with Crippen LogP contribution in [-0.4, -0.2) is 13.7 Å². The molecule has 140 valence electrons. The van der Waals surface area contributed by atoms with Crippen LogP contribution < -0.4 is 19.5 Å². The third-order valence-corrected chi connectivity index (χ3v) is 4.13. The van der Waals surface area contributed by atoms with E-state index in [1.165, 1.54) is 0 Å². The quantitative estimate of drug-likeness (QED) is 0.561. The van der Waals surface area contributed by atoms with E-state index in [2.05, 4.69) is 5.32 Å². The summed E-state index contributed by atoms with van der Waals surface area (Å²) in [4.78, 5) is 0. The highest BCUT2D eigenvalue weighted by atomic mass is 16.5. The van der Waals surface area contributed by atoms with E-state index in [1.54, 1.807) is 7.11 Å². The molecule has 0 bridgehead atoms. The maximum atomic E-state index is 5.91. The van der Waals surface area contributed by atoms with Crippen LogP contribution in [0.4, 0.5) is 5.69 Å². The fourth-order valence-corrected chi connectivity index (χ4v) is 2.72. The summed E-state index contributed by atoms with van der Waals surface area (Å²) in [7, 11) is 1.66. The van der Waals surface area contributed by atoms with E-state index >= 15 is 0 Å². The first kappa shape index (κ1) is 18.6. The molecule has 0 fully saturated rings. The predicted molar refractivity (Wildman–Crippen MR) is 109 cm³/mol. The van der Waals surface area contributed by atoms with Crippen LogP contribution in [0, 0.1) is 0 Å². The van der Waals surface area contributed by atoms with Crippen molar-refractivity contribution in [2.45, 2.75) is 20.1 Å². The molecule has 0 unspecified atom stereocenters. The molecular formula is C23H25NO3. The minimum absolute atomic E-state index is 0.515. The van der Waals surface area contributed by atoms with E-state index in [4.69, 9.17) is 14.2 Å². The highest BCUT2D eigenvalue weighted by Gasteiger charge is 2.06. The molecule has 0 aliphatic carbocycles. The van der Waals surface area contributed by atoms with Crippen molar-refractivity contribution in [1.82, 2.24) is 0 Å². The van der Waals surface area contributed by atoms with Gasteiger partial charge in [-0.1, -0.05) is 36.4 Å². The highest BCUT2D eigenvalue weighted by molar-refractivity contribution is 5.48. The van der Waals surface area contributed by atoms with Gasteiger partial charge in [0.2, 0.25) is 0 Å². The van der Waals surface area contributed by atoms with Crippen LogP contribution in [0.3, 0.4) is 0 Å². The monoisotopic (exact) mass is 363 g/mol. The molecule has 3 rings (SSSR count). The van der Waals surface area contributed by atoms with Gasteiger partial charge < -0.3 is 19.5 Å². The Hall–Kier alpha value is -3.14. The predicted octanol–water partition coefficient (Wildman–Crippen LogP) is 5.29. The van der Waals surface area contributed by atoms with Gasteiger partial charge in [0.15, 0.2) is 11.5 Å². The molecule has 0 atom stereocenters. The topological polar surface area (TPSA) is 39.7 Å². The molecule has 0 amide bonds. The molecule has 0 heterocycles. The Labute approximate surface area is 160 Å². The van der Waals surface area contributed by atoms with Gasteiger partial charge in [-0.15, -0.1) is 0 Å². The SMILES string of the molecule is CCOc1ccc(NCc2ccc(OCc3ccccc3)c(OC)c2)cc1. The molecule has 0 saturated heterocycles. The van der Waals surface area contributed by atoms with Crippen molar-refractivity contribution in [2.75, 3.05) is 19.0 Å². The van der Waals surface area contributed by atoms with Gasteiger partial charge in [-0.2, -0.15) is 0 Å². The van der Waals surface area contributed by atoms with Crippen LogP contribution in [0.15, 0.2) is 72.8 Å². The summed E-state index contributed by atoms with van der Waals surface area (Å²) in [6.07, 6.45) is 0. The van der Waals surface area contributed by atoms with Crippen LogP contribution in [0.2, 0.25) is 0 Å². The summed E-state index contributed by atoms with van der Waals surface area (Å²) in [6, 6.07) is 24.1. The number of methoxy groups -OCH3 is 1. The molecule has 0 radical (unpaired) electrons. The van der Waals surface area contributed by atoms with Crippen LogP contribution in [0.25, 0.3) is 0 Å². The van der Waals surface area contributed by atoms with Crippen molar-refractivity contribution < 1.29 is 14.2 Å². The van der Waals surface area contributed by atoms with Crippen molar-refractivity contribution in [3.63, 3.8) is 0 Å². The molecule has 4 nitrogen and oxygen atoms in total. The standard InChI is InChI=1S/C23H25NO3/c1-3-26-21-12-10-20(11-13-21)24-16-19-9-14-22(23(15-19)25-2)27-17-18-7-5-4-6-8-18/h4-15,24H,3,16-17H2,1-2H3. The molecule has 0 aliphatic rings. The van der Waals surface area contributed by atoms with E-state index in [9.17, 15) is 0 Å². The average molecular weight is 363 g/mol. The number of benzene rings is 3. The molecule has 1 N–H and O–H groups in total. The fraction of sp³-hybridized carbons (Fsp3) is 0.217. The molecule has 0 saturated carbocycles. The third-order valence-electron chi connectivity index (χ3n) is 4.13. The first-order valence-electron chi connectivity index (χ1n) is 9.09. The molecule has 27 heavy (non-hydrogen) atoms. The summed E-state index contributed by atoms with van der Waals surface area (Å²) >= 11 is 0. The second-order valence-electron chi connectivity index (χ2n) is 6.07. The van der Waals surface area contributed by atoms with Gasteiger partial charge in [0.1, 0.15) is 12.4 Å². The Morgan fingerprint density at radius 3 is 2.26 bits per heavy atom. The Balaban J connectivity index is 1.59. The maximum absolute atomic E-state index is 5.91. The van der Waals surface area contributed by atoms with E-state index in [0.717, 1.165) is 34.1 Å². The minimum Gasteiger partial charge on any atom is -0.494 e. The van der Waals surface area contributed by atoms with Crippen molar-refractivity contribution in [2.24, 2.45) is 0 Å². The summed E-state index contributed by atoms with van der Waals surface area (Å²) < 4.78 is 16.9. The van der Waals surface area contributed by atoms with Gasteiger partial charge in [-0.3, -0.25) is 0 Å². The minimum atomic E-state index is 0.515. The van der Waals surface area contributed by atoms with E-state index in [-0.39, 0.29) is 0 Å². The van der Waals surface area contributed by atoms with Crippen molar-refractivity contribution in [3.8, 4) is 17.2 Å². The number of ether oxygens (including phenoxy) is 3.